The van der Waals surface area contributed by atoms with Crippen molar-refractivity contribution in [3.05, 3.63) is 16.1 Å². The fourth-order valence-electron chi connectivity index (χ4n) is 0.937. The van der Waals surface area contributed by atoms with E-state index in [4.69, 9.17) is 10.8 Å². The normalized spacial score (nSPS) is 10.2. The molecule has 0 aliphatic carbocycles. The Hall–Kier alpha value is -0.940. The van der Waals surface area contributed by atoms with E-state index in [0.717, 1.165) is 17.1 Å². The van der Waals surface area contributed by atoms with Gasteiger partial charge in [-0.05, 0) is 6.54 Å². The van der Waals surface area contributed by atoms with Gasteiger partial charge < -0.3 is 10.8 Å². The lowest BCUT2D eigenvalue weighted by Gasteiger charge is -1.91. The number of rotatable bonds is 5. The molecule has 4 nitrogen and oxygen atoms in total. The van der Waals surface area contributed by atoms with Crippen LogP contribution in [0.3, 0.4) is 0 Å². The highest BCUT2D eigenvalue weighted by Crippen LogP contribution is 2.11. The number of nitrogens with two attached hydrogens (primary N) is 1. The number of carboxylic acid groups (broad SMARTS) is 1. The van der Waals surface area contributed by atoms with E-state index in [-0.39, 0.29) is 6.42 Å². The second-order valence-electron chi connectivity index (χ2n) is 2.66. The first-order chi connectivity index (χ1) is 6.22. The zero-order chi connectivity index (χ0) is 9.68. The standard InChI is InChI=1S/C8H12N2O2S/c9-4-3-7-10-6(5-13-7)1-2-8(11)12/h5H,1-4,9H2,(H,11,12). The number of carbonyl (C=O) groups is 1. The van der Waals surface area contributed by atoms with E-state index >= 15 is 0 Å². The first kappa shape index (κ1) is 10.1. The number of thiazole rings is 1. The van der Waals surface area contributed by atoms with Crippen molar-refractivity contribution in [2.24, 2.45) is 5.73 Å². The topological polar surface area (TPSA) is 76.2 Å². The van der Waals surface area contributed by atoms with E-state index in [2.05, 4.69) is 4.98 Å². The first-order valence-electron chi connectivity index (χ1n) is 4.07. The van der Waals surface area contributed by atoms with Crippen LogP contribution in [0.5, 0.6) is 0 Å². The average molecular weight is 200 g/mol. The lowest BCUT2D eigenvalue weighted by Crippen LogP contribution is -2.02. The predicted molar refractivity (Wildman–Crippen MR) is 50.8 cm³/mol. The van der Waals surface area contributed by atoms with Gasteiger partial charge in [-0.25, -0.2) is 4.98 Å². The summed E-state index contributed by atoms with van der Waals surface area (Å²) in [6.07, 6.45) is 1.43. The van der Waals surface area contributed by atoms with Crippen molar-refractivity contribution in [3.8, 4) is 0 Å². The molecule has 0 saturated carbocycles. The number of hydrogen-bond acceptors (Lipinski definition) is 4. The monoisotopic (exact) mass is 200 g/mol. The second-order valence-corrected chi connectivity index (χ2v) is 3.61. The van der Waals surface area contributed by atoms with Gasteiger partial charge in [-0.1, -0.05) is 0 Å². The minimum atomic E-state index is -0.784. The van der Waals surface area contributed by atoms with Crippen molar-refractivity contribution in [1.82, 2.24) is 4.98 Å². The lowest BCUT2D eigenvalue weighted by molar-refractivity contribution is -0.136. The summed E-state index contributed by atoms with van der Waals surface area (Å²) in [6, 6.07) is 0. The van der Waals surface area contributed by atoms with Crippen molar-refractivity contribution >= 4 is 17.3 Å². The molecule has 0 aromatic carbocycles. The van der Waals surface area contributed by atoms with E-state index < -0.39 is 5.97 Å². The van der Waals surface area contributed by atoms with Gasteiger partial charge in [-0.2, -0.15) is 0 Å². The van der Waals surface area contributed by atoms with Crippen LogP contribution in [0, 0.1) is 0 Å². The number of nitrogens with zero attached hydrogens (tertiary/aromatic N) is 1. The van der Waals surface area contributed by atoms with Gasteiger partial charge in [0.1, 0.15) is 0 Å². The zero-order valence-corrected chi connectivity index (χ0v) is 8.01. The summed E-state index contributed by atoms with van der Waals surface area (Å²) in [4.78, 5) is 14.5. The molecule has 5 heteroatoms. The summed E-state index contributed by atoms with van der Waals surface area (Å²) >= 11 is 1.54. The molecule has 0 fully saturated rings. The Kier molecular flexibility index (Phi) is 3.85. The summed E-state index contributed by atoms with van der Waals surface area (Å²) in [5, 5.41) is 11.3. The molecule has 0 aliphatic rings. The van der Waals surface area contributed by atoms with E-state index in [9.17, 15) is 4.79 Å². The molecule has 1 aromatic rings. The van der Waals surface area contributed by atoms with Crippen LogP contribution in [-0.2, 0) is 17.6 Å². The maximum absolute atomic E-state index is 10.3. The van der Waals surface area contributed by atoms with Gasteiger partial charge in [0.05, 0.1) is 17.1 Å². The smallest absolute Gasteiger partial charge is 0.303 e. The summed E-state index contributed by atoms with van der Waals surface area (Å²) < 4.78 is 0. The molecular weight excluding hydrogens is 188 g/mol. The van der Waals surface area contributed by atoms with Crippen molar-refractivity contribution in [2.75, 3.05) is 6.54 Å². The quantitative estimate of drug-likeness (QED) is 0.732. The SMILES string of the molecule is NCCc1nc(CCC(=O)O)cs1. The third-order valence-electron chi connectivity index (χ3n) is 1.55. The third kappa shape index (κ3) is 3.52. The molecule has 0 spiro atoms. The van der Waals surface area contributed by atoms with Crippen LogP contribution < -0.4 is 5.73 Å². The molecule has 72 valence electrons. The van der Waals surface area contributed by atoms with Gasteiger partial charge in [-0.3, -0.25) is 4.79 Å². The van der Waals surface area contributed by atoms with Gasteiger partial charge in [0.2, 0.25) is 0 Å². The Labute approximate surface area is 80.4 Å². The number of aromatic nitrogens is 1. The summed E-state index contributed by atoms with van der Waals surface area (Å²) in [5.41, 5.74) is 6.22. The third-order valence-corrected chi connectivity index (χ3v) is 2.51. The Morgan fingerprint density at radius 1 is 1.62 bits per heavy atom. The average Bonchev–Trinajstić information content (AvgIpc) is 2.50. The molecule has 0 atom stereocenters. The highest BCUT2D eigenvalue weighted by molar-refractivity contribution is 7.09. The molecule has 13 heavy (non-hydrogen) atoms. The molecule has 3 N–H and O–H groups in total. The largest absolute Gasteiger partial charge is 0.481 e. The maximum Gasteiger partial charge on any atom is 0.303 e. The van der Waals surface area contributed by atoms with Gasteiger partial charge in [0.15, 0.2) is 0 Å². The van der Waals surface area contributed by atoms with E-state index in [0.29, 0.717) is 13.0 Å². The summed E-state index contributed by atoms with van der Waals surface area (Å²) in [6.45, 7) is 0.589. The van der Waals surface area contributed by atoms with Crippen molar-refractivity contribution < 1.29 is 9.90 Å². The summed E-state index contributed by atoms with van der Waals surface area (Å²) in [7, 11) is 0. The van der Waals surface area contributed by atoms with Crippen LogP contribution >= 0.6 is 11.3 Å². The molecule has 0 radical (unpaired) electrons. The predicted octanol–water partition coefficient (Wildman–Crippen LogP) is 0.661. The minimum Gasteiger partial charge on any atom is -0.481 e. The maximum atomic E-state index is 10.3. The van der Waals surface area contributed by atoms with Crippen LogP contribution in [0.4, 0.5) is 0 Å². The number of hydrogen-bond donors (Lipinski definition) is 2. The molecule has 0 unspecified atom stereocenters. The minimum absolute atomic E-state index is 0.145. The van der Waals surface area contributed by atoms with Gasteiger partial charge >= 0.3 is 5.97 Å². The molecule has 1 rings (SSSR count). The molecule has 1 heterocycles. The van der Waals surface area contributed by atoms with Crippen molar-refractivity contribution in [3.63, 3.8) is 0 Å². The van der Waals surface area contributed by atoms with Gasteiger partial charge in [-0.15, -0.1) is 11.3 Å². The van der Waals surface area contributed by atoms with Crippen LogP contribution in [0.1, 0.15) is 17.1 Å². The number of carboxylic acids is 1. The van der Waals surface area contributed by atoms with E-state index in [1.807, 2.05) is 5.38 Å². The molecule has 1 aromatic heterocycles. The fourth-order valence-corrected chi connectivity index (χ4v) is 1.79. The fraction of sp³-hybridized carbons (Fsp3) is 0.500. The summed E-state index contributed by atoms with van der Waals surface area (Å²) in [5.74, 6) is -0.784. The molecule has 0 aliphatic heterocycles. The lowest BCUT2D eigenvalue weighted by atomic mass is 10.2. The zero-order valence-electron chi connectivity index (χ0n) is 7.19. The molecule has 0 saturated heterocycles. The van der Waals surface area contributed by atoms with Gasteiger partial charge in [0, 0.05) is 18.2 Å². The van der Waals surface area contributed by atoms with Crippen LogP contribution in [0.25, 0.3) is 0 Å². The molecule has 0 amide bonds. The number of aryl methyl sites for hydroxylation is 1. The second kappa shape index (κ2) is 4.94. The van der Waals surface area contributed by atoms with E-state index in [1.54, 1.807) is 11.3 Å². The van der Waals surface area contributed by atoms with Crippen molar-refractivity contribution in [1.29, 1.82) is 0 Å². The van der Waals surface area contributed by atoms with Gasteiger partial charge in [0.25, 0.3) is 0 Å². The Morgan fingerprint density at radius 2 is 2.38 bits per heavy atom. The molecular formula is C8H12N2O2S. The Balaban J connectivity index is 2.44. The highest BCUT2D eigenvalue weighted by Gasteiger charge is 2.03. The molecule has 0 bridgehead atoms. The Morgan fingerprint density at radius 3 is 3.00 bits per heavy atom. The van der Waals surface area contributed by atoms with Crippen LogP contribution in [0.2, 0.25) is 0 Å². The van der Waals surface area contributed by atoms with Crippen LogP contribution in [0.15, 0.2) is 5.38 Å². The Bertz CT molecular complexity index is 285. The van der Waals surface area contributed by atoms with Crippen molar-refractivity contribution in [2.45, 2.75) is 19.3 Å². The van der Waals surface area contributed by atoms with E-state index in [1.165, 1.54) is 0 Å². The highest BCUT2D eigenvalue weighted by atomic mass is 32.1. The van der Waals surface area contributed by atoms with Crippen LogP contribution in [-0.4, -0.2) is 22.6 Å². The number of aliphatic carboxylic acids is 1. The first-order valence-corrected chi connectivity index (χ1v) is 4.95.